The maximum Gasteiger partial charge on any atom is 0.130 e. The predicted octanol–water partition coefficient (Wildman–Crippen LogP) is 14.6. The normalized spacial score (nSPS) is 15.1. The molecule has 3 heteroatoms. The van der Waals surface area contributed by atoms with Crippen LogP contribution in [0.5, 0.6) is 11.5 Å². The van der Waals surface area contributed by atoms with Gasteiger partial charge in [-0.2, -0.15) is 0 Å². The summed E-state index contributed by atoms with van der Waals surface area (Å²) < 4.78 is 12.9. The fraction of sp³-hybridized carbons (Fsp3) is 0.462. The summed E-state index contributed by atoms with van der Waals surface area (Å²) >= 11 is 0. The summed E-state index contributed by atoms with van der Waals surface area (Å²) in [6, 6.07) is 27.2. The molecule has 0 radical (unpaired) electrons. The number of ether oxygens (including phenoxy) is 2. The lowest BCUT2D eigenvalue weighted by Crippen LogP contribution is -2.32. The highest BCUT2D eigenvalue weighted by Gasteiger charge is 2.46. The van der Waals surface area contributed by atoms with Crippen molar-refractivity contribution in [1.82, 2.24) is 0 Å². The fourth-order valence-electron chi connectivity index (χ4n) is 9.83. The largest absolute Gasteiger partial charge is 0.496 e. The predicted molar refractivity (Wildman–Crippen MR) is 241 cm³/mol. The molecule has 2 aliphatic rings. The molecule has 0 aromatic heterocycles. The van der Waals surface area contributed by atoms with E-state index in [0.29, 0.717) is 0 Å². The van der Waals surface area contributed by atoms with Gasteiger partial charge in [-0.05, 0) is 103 Å². The van der Waals surface area contributed by atoms with Gasteiger partial charge in [0.05, 0.1) is 14.2 Å². The maximum atomic E-state index is 6.45. The Morgan fingerprint density at radius 2 is 0.836 bits per heavy atom. The Kier molecular flexibility index (Phi) is 10.6. The first-order chi connectivity index (χ1) is 25.5. The van der Waals surface area contributed by atoms with Gasteiger partial charge in [-0.3, -0.25) is 0 Å². The van der Waals surface area contributed by atoms with Crippen molar-refractivity contribution in [3.8, 4) is 33.8 Å². The lowest BCUT2D eigenvalue weighted by Gasteiger charge is -2.35. The molecule has 0 amide bonds. The third-order valence-electron chi connectivity index (χ3n) is 11.7. The Balaban J connectivity index is 1.75. The van der Waals surface area contributed by atoms with Crippen LogP contribution >= 0.6 is 0 Å². The van der Waals surface area contributed by atoms with Gasteiger partial charge in [-0.15, -0.1) is 0 Å². The first-order valence-corrected chi connectivity index (χ1v) is 23.5. The minimum Gasteiger partial charge on any atom is -0.496 e. The van der Waals surface area contributed by atoms with E-state index in [2.05, 4.69) is 169 Å². The van der Waals surface area contributed by atoms with Crippen LogP contribution in [0.1, 0.15) is 129 Å². The van der Waals surface area contributed by atoms with Gasteiger partial charge >= 0.3 is 0 Å². The molecule has 4 aromatic carbocycles. The minimum absolute atomic E-state index is 0.104. The number of hydrogen-bond donors (Lipinski definition) is 0. The summed E-state index contributed by atoms with van der Waals surface area (Å²) in [6.07, 6.45) is 4.05. The molecule has 2 nitrogen and oxygen atoms in total. The molecule has 55 heavy (non-hydrogen) atoms. The molecular weight excluding hydrogens is 685 g/mol. The van der Waals surface area contributed by atoms with Crippen LogP contribution in [-0.2, 0) is 23.7 Å². The smallest absolute Gasteiger partial charge is 0.130 e. The van der Waals surface area contributed by atoms with Crippen molar-refractivity contribution in [3.05, 3.63) is 117 Å². The van der Waals surface area contributed by atoms with E-state index in [1.165, 1.54) is 55.6 Å². The van der Waals surface area contributed by atoms with Crippen molar-refractivity contribution in [2.24, 2.45) is 10.8 Å². The maximum absolute atomic E-state index is 6.45. The molecule has 0 N–H and O–H groups in total. The van der Waals surface area contributed by atoms with Crippen LogP contribution in [0.3, 0.4) is 0 Å². The molecule has 0 unspecified atom stereocenters. The number of methoxy groups -OCH3 is 2. The van der Waals surface area contributed by atoms with Crippen LogP contribution in [0.4, 0.5) is 0 Å². The van der Waals surface area contributed by atoms with E-state index in [4.69, 9.17) is 9.47 Å². The Bertz CT molecular complexity index is 2000. The molecule has 2 aliphatic carbocycles. The molecule has 0 atom stereocenters. The van der Waals surface area contributed by atoms with Gasteiger partial charge < -0.3 is 9.47 Å². The summed E-state index contributed by atoms with van der Waals surface area (Å²) in [6.45, 7) is 33.9. The van der Waals surface area contributed by atoms with Gasteiger partial charge in [-0.25, -0.2) is 0 Å². The Morgan fingerprint density at radius 1 is 0.509 bits per heavy atom. The highest BCUT2D eigenvalue weighted by atomic mass is 28.3. The highest BCUT2D eigenvalue weighted by Crippen LogP contribution is 2.58. The zero-order valence-electron chi connectivity index (χ0n) is 37.1. The van der Waals surface area contributed by atoms with E-state index in [0.717, 1.165) is 37.2 Å². The molecule has 0 bridgehead atoms. The molecule has 0 saturated carbocycles. The standard InChI is InChI=1S/C52H68O2Si/c1-49(2,3)31-35-27-37-39(29-41(51(7,8)9)45(53-13)43(37)33-23-19-17-20-24-33)47(35)55(15,16)48-36(32-50(4,5)6)28-38-40(48)30-42(52(10,11)12)46(54-14)44(38)34-25-21-18-22-26-34/h17-26,29-30H,27-28,31-32H2,1-16H3. The summed E-state index contributed by atoms with van der Waals surface area (Å²) in [4.78, 5) is 0. The van der Waals surface area contributed by atoms with Gasteiger partial charge in [0.2, 0.25) is 0 Å². The quantitative estimate of drug-likeness (QED) is 0.167. The summed E-state index contributed by atoms with van der Waals surface area (Å²) in [7, 11) is 1.28. The zero-order valence-corrected chi connectivity index (χ0v) is 38.1. The molecule has 0 aliphatic heterocycles. The Hall–Kier alpha value is -3.82. The number of benzene rings is 4. The van der Waals surface area contributed by atoms with Gasteiger partial charge in [0.1, 0.15) is 19.6 Å². The number of hydrogen-bond acceptors (Lipinski definition) is 2. The monoisotopic (exact) mass is 752 g/mol. The molecular formula is C52H68O2Si. The molecule has 4 aromatic rings. The van der Waals surface area contributed by atoms with Crippen molar-refractivity contribution in [2.75, 3.05) is 14.2 Å². The summed E-state index contributed by atoms with van der Waals surface area (Å²) in [5, 5.41) is 3.29. The van der Waals surface area contributed by atoms with Crippen molar-refractivity contribution >= 4 is 18.5 Å². The number of fused-ring (bicyclic) bond motifs is 2. The van der Waals surface area contributed by atoms with Crippen LogP contribution in [0, 0.1) is 10.8 Å². The second kappa shape index (κ2) is 14.3. The van der Waals surface area contributed by atoms with E-state index in [9.17, 15) is 0 Å². The first-order valence-electron chi connectivity index (χ1n) is 20.5. The fourth-order valence-corrected chi connectivity index (χ4v) is 14.0. The van der Waals surface area contributed by atoms with Crippen LogP contribution in [-0.4, -0.2) is 22.3 Å². The van der Waals surface area contributed by atoms with E-state index < -0.39 is 8.07 Å². The minimum atomic E-state index is -2.45. The van der Waals surface area contributed by atoms with Crippen molar-refractivity contribution in [3.63, 3.8) is 0 Å². The average Bonchev–Trinajstić information content (AvgIpc) is 3.62. The third-order valence-corrected chi connectivity index (χ3v) is 15.4. The SMILES string of the molecule is COc1c(C(C)(C)C)cc2c(c1-c1ccccc1)CC(CC(C)(C)C)=C2[Si](C)(C)C1=C(CC(C)(C)C)Cc2c1cc(C(C)(C)C)c(OC)c2-c1ccccc1. The molecule has 0 fully saturated rings. The van der Waals surface area contributed by atoms with Crippen molar-refractivity contribution < 1.29 is 9.47 Å². The molecule has 6 rings (SSSR count). The topological polar surface area (TPSA) is 18.5 Å². The highest BCUT2D eigenvalue weighted by molar-refractivity contribution is 7.09. The Morgan fingerprint density at radius 3 is 1.11 bits per heavy atom. The van der Waals surface area contributed by atoms with E-state index in [1.807, 2.05) is 14.2 Å². The average molecular weight is 753 g/mol. The summed E-state index contributed by atoms with van der Waals surface area (Å²) in [5.74, 6) is 2.06. The van der Waals surface area contributed by atoms with Crippen LogP contribution in [0.15, 0.2) is 83.9 Å². The molecule has 0 heterocycles. The van der Waals surface area contributed by atoms with Gasteiger partial charge in [0.15, 0.2) is 0 Å². The van der Waals surface area contributed by atoms with Crippen molar-refractivity contribution in [2.45, 2.75) is 133 Å². The third kappa shape index (κ3) is 7.80. The van der Waals surface area contributed by atoms with E-state index in [-0.39, 0.29) is 21.7 Å². The van der Waals surface area contributed by atoms with Gasteiger partial charge in [0, 0.05) is 22.3 Å². The van der Waals surface area contributed by atoms with Crippen molar-refractivity contribution in [1.29, 1.82) is 0 Å². The van der Waals surface area contributed by atoms with E-state index >= 15 is 0 Å². The van der Waals surface area contributed by atoms with Crippen LogP contribution in [0.25, 0.3) is 32.6 Å². The molecule has 0 spiro atoms. The summed E-state index contributed by atoms with van der Waals surface area (Å²) in [5.41, 5.74) is 16.7. The lowest BCUT2D eigenvalue weighted by atomic mass is 9.81. The Labute approximate surface area is 335 Å². The lowest BCUT2D eigenvalue weighted by molar-refractivity contribution is 0.398. The molecule has 0 saturated heterocycles. The second-order valence-electron chi connectivity index (χ2n) is 21.4. The first kappa shape index (κ1) is 40.8. The van der Waals surface area contributed by atoms with E-state index in [1.54, 1.807) is 21.5 Å². The zero-order chi connectivity index (χ0) is 40.5. The van der Waals surface area contributed by atoms with Gasteiger partial charge in [-0.1, -0.05) is 168 Å². The second-order valence-corrected chi connectivity index (χ2v) is 25.6. The van der Waals surface area contributed by atoms with Crippen LogP contribution in [0.2, 0.25) is 13.1 Å². The number of rotatable bonds is 8. The van der Waals surface area contributed by atoms with Gasteiger partial charge in [0.25, 0.3) is 0 Å². The number of allylic oxidation sites excluding steroid dienone is 2. The molecule has 292 valence electrons. The van der Waals surface area contributed by atoms with Crippen LogP contribution < -0.4 is 9.47 Å².